The van der Waals surface area contributed by atoms with Crippen LogP contribution in [0.2, 0.25) is 0 Å². The van der Waals surface area contributed by atoms with Gasteiger partial charge in [0, 0.05) is 17.3 Å². The maximum atomic E-state index is 12.2. The van der Waals surface area contributed by atoms with Crippen LogP contribution >= 0.6 is 0 Å². The van der Waals surface area contributed by atoms with Crippen molar-refractivity contribution in [1.29, 1.82) is 0 Å². The topological polar surface area (TPSA) is 82.3 Å². The Labute approximate surface area is 115 Å². The molecule has 2 N–H and O–H groups in total. The van der Waals surface area contributed by atoms with Crippen molar-refractivity contribution in [1.82, 2.24) is 4.98 Å². The van der Waals surface area contributed by atoms with E-state index in [4.69, 9.17) is 10.5 Å². The fraction of sp³-hybridized carbons (Fsp3) is 0.615. The molecule has 0 saturated heterocycles. The summed E-state index contributed by atoms with van der Waals surface area (Å²) in [7, 11) is -1.66. The van der Waals surface area contributed by atoms with E-state index < -0.39 is 15.1 Å². The third-order valence-corrected chi connectivity index (χ3v) is 5.41. The Morgan fingerprint density at radius 3 is 2.58 bits per heavy atom. The van der Waals surface area contributed by atoms with Gasteiger partial charge in [-0.05, 0) is 33.7 Å². The molecule has 0 aliphatic heterocycles. The smallest absolute Gasteiger partial charge is 0.158 e. The van der Waals surface area contributed by atoms with Gasteiger partial charge in [-0.1, -0.05) is 0 Å². The molecule has 108 valence electrons. The Kier molecular flexibility index (Phi) is 5.31. The average Bonchev–Trinajstić information content (AvgIpc) is 2.34. The second-order valence-corrected chi connectivity index (χ2v) is 7.16. The molecule has 0 bridgehead atoms. The molecule has 1 atom stereocenters. The van der Waals surface area contributed by atoms with Crippen molar-refractivity contribution in [3.05, 3.63) is 23.0 Å². The minimum Gasteiger partial charge on any atom is -0.496 e. The summed E-state index contributed by atoms with van der Waals surface area (Å²) in [6.45, 7) is 5.76. The Balaban J connectivity index is 3.07. The number of aromatic nitrogens is 1. The Hall–Kier alpha value is -1.14. The number of nitrogens with zero attached hydrogens (tertiary/aromatic N) is 1. The van der Waals surface area contributed by atoms with Crippen LogP contribution < -0.4 is 10.5 Å². The second-order valence-electron chi connectivity index (χ2n) is 4.74. The van der Waals surface area contributed by atoms with Gasteiger partial charge < -0.3 is 10.5 Å². The van der Waals surface area contributed by atoms with Crippen molar-refractivity contribution in [2.24, 2.45) is 5.73 Å². The monoisotopic (exact) mass is 286 g/mol. The largest absolute Gasteiger partial charge is 0.496 e. The highest BCUT2D eigenvalue weighted by atomic mass is 32.2. The van der Waals surface area contributed by atoms with Crippen molar-refractivity contribution < 1.29 is 13.2 Å². The fourth-order valence-electron chi connectivity index (χ4n) is 1.96. The third kappa shape index (κ3) is 3.67. The summed E-state index contributed by atoms with van der Waals surface area (Å²) in [6, 6.07) is 0. The zero-order chi connectivity index (χ0) is 14.6. The van der Waals surface area contributed by atoms with Crippen LogP contribution in [-0.2, 0) is 15.6 Å². The summed E-state index contributed by atoms with van der Waals surface area (Å²) in [5, 5.41) is -0.453. The molecular weight excluding hydrogens is 264 g/mol. The van der Waals surface area contributed by atoms with Gasteiger partial charge in [-0.25, -0.2) is 8.42 Å². The lowest BCUT2D eigenvalue weighted by Gasteiger charge is -2.15. The van der Waals surface area contributed by atoms with Crippen molar-refractivity contribution in [3.8, 4) is 5.75 Å². The first kappa shape index (κ1) is 15.9. The van der Waals surface area contributed by atoms with E-state index in [0.717, 1.165) is 11.1 Å². The van der Waals surface area contributed by atoms with Gasteiger partial charge in [0.25, 0.3) is 0 Å². The number of hydrogen-bond acceptors (Lipinski definition) is 5. The minimum absolute atomic E-state index is 0.0728. The third-order valence-electron chi connectivity index (χ3n) is 3.27. The lowest BCUT2D eigenvalue weighted by atomic mass is 10.1. The highest BCUT2D eigenvalue weighted by molar-refractivity contribution is 7.91. The van der Waals surface area contributed by atoms with Crippen LogP contribution in [0.5, 0.6) is 5.75 Å². The van der Waals surface area contributed by atoms with Crippen LogP contribution in [0.4, 0.5) is 0 Å². The normalized spacial score (nSPS) is 13.3. The summed E-state index contributed by atoms with van der Waals surface area (Å²) in [5.74, 6) is 0.628. The number of nitrogens with two attached hydrogens (primary N) is 1. The molecular formula is C13H22N2O3S. The molecule has 0 amide bonds. The molecule has 1 rings (SSSR count). The molecule has 1 heterocycles. The van der Waals surface area contributed by atoms with Gasteiger partial charge in [0.05, 0.1) is 23.8 Å². The quantitative estimate of drug-likeness (QED) is 0.853. The van der Waals surface area contributed by atoms with E-state index in [1.807, 2.05) is 13.8 Å². The first-order chi connectivity index (χ1) is 8.83. The van der Waals surface area contributed by atoms with Crippen molar-refractivity contribution in [2.45, 2.75) is 38.2 Å². The molecule has 0 radical (unpaired) electrons. The number of methoxy groups -OCH3 is 1. The molecule has 6 heteroatoms. The summed E-state index contributed by atoms with van der Waals surface area (Å²) >= 11 is 0. The van der Waals surface area contributed by atoms with E-state index in [-0.39, 0.29) is 5.75 Å². The Morgan fingerprint density at radius 2 is 2.05 bits per heavy atom. The van der Waals surface area contributed by atoms with Crippen LogP contribution in [0.3, 0.4) is 0 Å². The predicted molar refractivity (Wildman–Crippen MR) is 76.0 cm³/mol. The molecule has 0 aliphatic carbocycles. The van der Waals surface area contributed by atoms with E-state index in [1.165, 1.54) is 0 Å². The molecule has 0 fully saturated rings. The fourth-order valence-corrected chi connectivity index (χ4v) is 3.42. The van der Waals surface area contributed by atoms with E-state index in [1.54, 1.807) is 20.2 Å². The number of sulfone groups is 1. The van der Waals surface area contributed by atoms with Gasteiger partial charge >= 0.3 is 0 Å². The molecule has 0 aromatic carbocycles. The molecule has 19 heavy (non-hydrogen) atoms. The summed E-state index contributed by atoms with van der Waals surface area (Å²) in [5.41, 5.74) is 7.64. The van der Waals surface area contributed by atoms with Crippen LogP contribution in [0.1, 0.15) is 30.2 Å². The maximum Gasteiger partial charge on any atom is 0.158 e. The van der Waals surface area contributed by atoms with E-state index in [0.29, 0.717) is 24.4 Å². The second kappa shape index (κ2) is 6.34. The van der Waals surface area contributed by atoms with Crippen LogP contribution in [0, 0.1) is 13.8 Å². The van der Waals surface area contributed by atoms with E-state index >= 15 is 0 Å². The first-order valence-corrected chi connectivity index (χ1v) is 7.95. The summed E-state index contributed by atoms with van der Waals surface area (Å²) in [4.78, 5) is 4.22. The number of ether oxygens (including phenoxy) is 1. The molecule has 1 unspecified atom stereocenters. The summed E-state index contributed by atoms with van der Waals surface area (Å²) in [6.07, 6.45) is 2.11. The number of hydrogen-bond donors (Lipinski definition) is 1. The molecule has 0 spiro atoms. The zero-order valence-electron chi connectivity index (χ0n) is 11.9. The highest BCUT2D eigenvalue weighted by Gasteiger charge is 2.23. The molecule has 5 nitrogen and oxygen atoms in total. The van der Waals surface area contributed by atoms with Gasteiger partial charge in [-0.3, -0.25) is 4.98 Å². The molecule has 1 aromatic heterocycles. The Morgan fingerprint density at radius 1 is 1.42 bits per heavy atom. The zero-order valence-corrected chi connectivity index (χ0v) is 12.8. The van der Waals surface area contributed by atoms with Gasteiger partial charge in [-0.15, -0.1) is 0 Å². The van der Waals surface area contributed by atoms with Gasteiger partial charge in [0.15, 0.2) is 9.84 Å². The first-order valence-electron chi connectivity index (χ1n) is 6.24. The number of pyridine rings is 1. The molecule has 0 saturated carbocycles. The van der Waals surface area contributed by atoms with Crippen molar-refractivity contribution in [3.63, 3.8) is 0 Å². The SMILES string of the molecule is COc1c(C)cnc(CS(=O)(=O)C(C)CCN)c1C. The molecule has 0 aliphatic rings. The molecule has 1 aromatic rings. The lowest BCUT2D eigenvalue weighted by Crippen LogP contribution is -2.23. The predicted octanol–water partition coefficient (Wildman–Crippen LogP) is 1.36. The van der Waals surface area contributed by atoms with Gasteiger partial charge in [0.2, 0.25) is 0 Å². The van der Waals surface area contributed by atoms with Crippen LogP contribution in [-0.4, -0.2) is 32.3 Å². The maximum absolute atomic E-state index is 12.2. The van der Waals surface area contributed by atoms with Crippen LogP contribution in [0.25, 0.3) is 0 Å². The summed E-state index contributed by atoms with van der Waals surface area (Å²) < 4.78 is 29.7. The van der Waals surface area contributed by atoms with E-state index in [9.17, 15) is 8.42 Å². The van der Waals surface area contributed by atoms with Gasteiger partial charge in [0.1, 0.15) is 5.75 Å². The highest BCUT2D eigenvalue weighted by Crippen LogP contribution is 2.26. The van der Waals surface area contributed by atoms with Crippen LogP contribution in [0.15, 0.2) is 6.20 Å². The van der Waals surface area contributed by atoms with Crippen molar-refractivity contribution >= 4 is 9.84 Å². The Bertz CT molecular complexity index is 541. The van der Waals surface area contributed by atoms with Gasteiger partial charge in [-0.2, -0.15) is 0 Å². The standard InChI is InChI=1S/C13H22N2O3S/c1-9-7-15-12(11(3)13(9)18-4)8-19(16,17)10(2)5-6-14/h7,10H,5-6,8,14H2,1-4H3. The lowest BCUT2D eigenvalue weighted by molar-refractivity contribution is 0.407. The minimum atomic E-state index is -3.23. The van der Waals surface area contributed by atoms with E-state index in [2.05, 4.69) is 4.98 Å². The van der Waals surface area contributed by atoms with Crippen molar-refractivity contribution in [2.75, 3.05) is 13.7 Å². The average molecular weight is 286 g/mol. The number of aryl methyl sites for hydroxylation is 1. The number of rotatable bonds is 6.